The fraction of sp³-hybridized carbons (Fsp3) is 0.960. The summed E-state index contributed by atoms with van der Waals surface area (Å²) in [7, 11) is 0. The van der Waals surface area contributed by atoms with E-state index in [4.69, 9.17) is 5.11 Å². The number of fused-ring (bicyclic) bond motifs is 5. The molecule has 10 unspecified atom stereocenters. The minimum absolute atomic E-state index is 0.119. The summed E-state index contributed by atoms with van der Waals surface area (Å²) in [5.41, 5.74) is 0.732. The molecule has 0 aromatic heterocycles. The van der Waals surface area contributed by atoms with Crippen LogP contribution in [0.4, 0.5) is 0 Å². The standard InChI is InChI=1S/C25H42O3/c1-15-9-11-24(3)17(13-15)14-21(26)23-19-7-6-18(16(2)5-8-22(27)28)25(19,4)12-10-20(23)24/h15-21,23,26H,5-14H2,1-4H3,(H,27,28). The number of carboxylic acids is 1. The number of hydrogen-bond acceptors (Lipinski definition) is 2. The summed E-state index contributed by atoms with van der Waals surface area (Å²) in [6.07, 6.45) is 11.1. The minimum atomic E-state index is -0.663. The Hall–Kier alpha value is -0.570. The van der Waals surface area contributed by atoms with Gasteiger partial charge in [-0.3, -0.25) is 4.79 Å². The third-order valence-corrected chi connectivity index (χ3v) is 10.5. The topological polar surface area (TPSA) is 57.5 Å². The summed E-state index contributed by atoms with van der Waals surface area (Å²) in [6, 6.07) is 0. The highest BCUT2D eigenvalue weighted by Crippen LogP contribution is 2.68. The number of rotatable bonds is 4. The van der Waals surface area contributed by atoms with Gasteiger partial charge in [-0.1, -0.05) is 34.1 Å². The molecule has 10 atom stereocenters. The van der Waals surface area contributed by atoms with Crippen LogP contribution in [-0.2, 0) is 4.79 Å². The van der Waals surface area contributed by atoms with E-state index in [0.717, 1.165) is 18.8 Å². The molecule has 0 saturated heterocycles. The second-order valence-electron chi connectivity index (χ2n) is 11.8. The quantitative estimate of drug-likeness (QED) is 0.642. The molecule has 160 valence electrons. The molecule has 0 amide bonds. The van der Waals surface area contributed by atoms with Crippen LogP contribution in [-0.4, -0.2) is 22.3 Å². The summed E-state index contributed by atoms with van der Waals surface area (Å²) in [5.74, 6) is 3.78. The van der Waals surface area contributed by atoms with Gasteiger partial charge in [-0.05, 0) is 104 Å². The average molecular weight is 391 g/mol. The van der Waals surface area contributed by atoms with Crippen molar-refractivity contribution >= 4 is 5.97 Å². The van der Waals surface area contributed by atoms with E-state index in [0.29, 0.717) is 52.8 Å². The molecule has 28 heavy (non-hydrogen) atoms. The van der Waals surface area contributed by atoms with Crippen LogP contribution in [0, 0.1) is 52.3 Å². The van der Waals surface area contributed by atoms with E-state index in [-0.39, 0.29) is 6.10 Å². The summed E-state index contributed by atoms with van der Waals surface area (Å²) in [4.78, 5) is 11.1. The Morgan fingerprint density at radius 1 is 1.04 bits per heavy atom. The molecule has 4 aliphatic rings. The van der Waals surface area contributed by atoms with Crippen molar-refractivity contribution in [1.82, 2.24) is 0 Å². The Kier molecular flexibility index (Phi) is 5.39. The van der Waals surface area contributed by atoms with Gasteiger partial charge in [0.05, 0.1) is 6.10 Å². The molecule has 0 bridgehead atoms. The summed E-state index contributed by atoms with van der Waals surface area (Å²) in [5, 5.41) is 20.4. The Morgan fingerprint density at radius 2 is 1.71 bits per heavy atom. The van der Waals surface area contributed by atoms with Crippen molar-refractivity contribution in [3.8, 4) is 0 Å². The SMILES string of the molecule is CC1CCC2(C)C(C1)CC(O)C1C2CCC2(C)C(C(C)CCC(=O)O)CCC12. The van der Waals surface area contributed by atoms with E-state index in [1.807, 2.05) is 0 Å². The molecule has 0 heterocycles. The first kappa shape index (κ1) is 20.7. The van der Waals surface area contributed by atoms with E-state index in [1.165, 1.54) is 44.9 Å². The lowest BCUT2D eigenvalue weighted by molar-refractivity contribution is -0.168. The first-order valence-corrected chi connectivity index (χ1v) is 12.1. The molecule has 0 aromatic carbocycles. The minimum Gasteiger partial charge on any atom is -0.481 e. The van der Waals surface area contributed by atoms with Gasteiger partial charge >= 0.3 is 5.97 Å². The maximum atomic E-state index is 11.3. The van der Waals surface area contributed by atoms with Crippen molar-refractivity contribution < 1.29 is 15.0 Å². The lowest BCUT2D eigenvalue weighted by Gasteiger charge is -2.62. The van der Waals surface area contributed by atoms with E-state index in [9.17, 15) is 9.90 Å². The Morgan fingerprint density at radius 3 is 2.43 bits per heavy atom. The van der Waals surface area contributed by atoms with Gasteiger partial charge in [-0.25, -0.2) is 0 Å². The molecule has 0 radical (unpaired) electrons. The van der Waals surface area contributed by atoms with Gasteiger partial charge in [-0.2, -0.15) is 0 Å². The molecular weight excluding hydrogens is 348 g/mol. The molecule has 3 heteroatoms. The molecule has 4 aliphatic carbocycles. The fourth-order valence-electron chi connectivity index (χ4n) is 8.96. The van der Waals surface area contributed by atoms with Gasteiger partial charge in [0, 0.05) is 6.42 Å². The number of aliphatic hydroxyl groups is 1. The van der Waals surface area contributed by atoms with E-state index in [2.05, 4.69) is 27.7 Å². The average Bonchev–Trinajstić information content (AvgIpc) is 2.98. The largest absolute Gasteiger partial charge is 0.481 e. The fourth-order valence-corrected chi connectivity index (χ4v) is 8.96. The molecule has 4 fully saturated rings. The molecule has 2 N–H and O–H groups in total. The zero-order chi connectivity index (χ0) is 20.3. The Labute approximate surface area is 171 Å². The Bertz CT molecular complexity index is 603. The molecule has 0 aromatic rings. The molecule has 0 aliphatic heterocycles. The van der Waals surface area contributed by atoms with Gasteiger partial charge in [0.2, 0.25) is 0 Å². The molecule has 4 saturated carbocycles. The van der Waals surface area contributed by atoms with E-state index >= 15 is 0 Å². The summed E-state index contributed by atoms with van der Waals surface area (Å²) < 4.78 is 0. The van der Waals surface area contributed by atoms with Gasteiger partial charge in [0.1, 0.15) is 0 Å². The maximum absolute atomic E-state index is 11.3. The number of carbonyl (C=O) groups is 1. The maximum Gasteiger partial charge on any atom is 0.303 e. The van der Waals surface area contributed by atoms with Crippen molar-refractivity contribution in [1.29, 1.82) is 0 Å². The van der Waals surface area contributed by atoms with Crippen molar-refractivity contribution in [2.45, 2.75) is 98.0 Å². The van der Waals surface area contributed by atoms with E-state index in [1.54, 1.807) is 0 Å². The molecular formula is C25H42O3. The van der Waals surface area contributed by atoms with Crippen LogP contribution in [0.15, 0.2) is 0 Å². The third kappa shape index (κ3) is 3.15. The molecule has 4 rings (SSSR count). The number of hydrogen-bond donors (Lipinski definition) is 2. The van der Waals surface area contributed by atoms with Crippen molar-refractivity contribution in [3.05, 3.63) is 0 Å². The first-order chi connectivity index (χ1) is 13.2. The van der Waals surface area contributed by atoms with Gasteiger partial charge < -0.3 is 10.2 Å². The summed E-state index contributed by atoms with van der Waals surface area (Å²) in [6.45, 7) is 9.74. The van der Waals surface area contributed by atoms with Crippen LogP contribution < -0.4 is 0 Å². The lowest BCUT2D eigenvalue weighted by Crippen LogP contribution is -2.58. The molecule has 0 spiro atoms. The van der Waals surface area contributed by atoms with E-state index < -0.39 is 5.97 Å². The van der Waals surface area contributed by atoms with Crippen LogP contribution in [0.5, 0.6) is 0 Å². The van der Waals surface area contributed by atoms with Gasteiger partial charge in [-0.15, -0.1) is 0 Å². The van der Waals surface area contributed by atoms with Crippen molar-refractivity contribution in [2.24, 2.45) is 52.3 Å². The highest BCUT2D eigenvalue weighted by Gasteiger charge is 2.62. The van der Waals surface area contributed by atoms with Crippen LogP contribution in [0.2, 0.25) is 0 Å². The van der Waals surface area contributed by atoms with Crippen LogP contribution >= 0.6 is 0 Å². The zero-order valence-electron chi connectivity index (χ0n) is 18.5. The predicted octanol–water partition coefficient (Wildman–Crippen LogP) is 5.75. The van der Waals surface area contributed by atoms with Gasteiger partial charge in [0.15, 0.2) is 0 Å². The highest BCUT2D eigenvalue weighted by atomic mass is 16.4. The second kappa shape index (κ2) is 7.29. The van der Waals surface area contributed by atoms with Crippen LogP contribution in [0.3, 0.4) is 0 Å². The normalized spacial score (nSPS) is 51.7. The lowest BCUT2D eigenvalue weighted by atomic mass is 9.43. The van der Waals surface area contributed by atoms with Gasteiger partial charge in [0.25, 0.3) is 0 Å². The monoisotopic (exact) mass is 390 g/mol. The molecule has 3 nitrogen and oxygen atoms in total. The second-order valence-corrected chi connectivity index (χ2v) is 11.8. The summed E-state index contributed by atoms with van der Waals surface area (Å²) >= 11 is 0. The number of aliphatic carboxylic acids is 1. The third-order valence-electron chi connectivity index (χ3n) is 10.5. The number of carboxylic acid groups (broad SMARTS) is 1. The first-order valence-electron chi connectivity index (χ1n) is 12.1. The Balaban J connectivity index is 1.55. The number of aliphatic hydroxyl groups excluding tert-OH is 1. The van der Waals surface area contributed by atoms with Crippen LogP contribution in [0.25, 0.3) is 0 Å². The predicted molar refractivity (Wildman–Crippen MR) is 112 cm³/mol. The van der Waals surface area contributed by atoms with Crippen LogP contribution in [0.1, 0.15) is 91.9 Å². The van der Waals surface area contributed by atoms with Crippen molar-refractivity contribution in [2.75, 3.05) is 0 Å². The highest BCUT2D eigenvalue weighted by molar-refractivity contribution is 5.66. The zero-order valence-corrected chi connectivity index (χ0v) is 18.5. The van der Waals surface area contributed by atoms with Crippen molar-refractivity contribution in [3.63, 3.8) is 0 Å². The smallest absolute Gasteiger partial charge is 0.303 e.